The highest BCUT2D eigenvalue weighted by atomic mass is 16.4. The topological polar surface area (TPSA) is 80.9 Å². The lowest BCUT2D eigenvalue weighted by molar-refractivity contribution is 0.0695. The average molecular weight is 268 g/mol. The molecule has 0 spiro atoms. The Morgan fingerprint density at radius 3 is 2.65 bits per heavy atom. The van der Waals surface area contributed by atoms with Crippen molar-refractivity contribution in [1.29, 1.82) is 0 Å². The van der Waals surface area contributed by atoms with Crippen molar-refractivity contribution in [3.63, 3.8) is 0 Å². The van der Waals surface area contributed by atoms with Crippen LogP contribution in [0.25, 0.3) is 16.7 Å². The first kappa shape index (κ1) is 12.3. The molecule has 0 amide bonds. The summed E-state index contributed by atoms with van der Waals surface area (Å²) in [6, 6.07) is 7.55. The van der Waals surface area contributed by atoms with Gasteiger partial charge < -0.3 is 5.11 Å². The second-order valence-electron chi connectivity index (χ2n) is 4.48. The molecule has 1 N–H and O–H groups in total. The van der Waals surface area contributed by atoms with Gasteiger partial charge in [0.05, 0.1) is 16.9 Å². The quantitative estimate of drug-likeness (QED) is 0.770. The van der Waals surface area contributed by atoms with Crippen LogP contribution in [-0.4, -0.2) is 30.8 Å². The van der Waals surface area contributed by atoms with Gasteiger partial charge in [0.15, 0.2) is 5.82 Å². The fourth-order valence-corrected chi connectivity index (χ4v) is 2.32. The van der Waals surface area contributed by atoms with Crippen LogP contribution in [0.1, 0.15) is 21.7 Å². The molecular formula is C14H12N4O2. The van der Waals surface area contributed by atoms with Crippen LogP contribution >= 0.6 is 0 Å². The van der Waals surface area contributed by atoms with Crippen molar-refractivity contribution in [3.05, 3.63) is 47.5 Å². The molecule has 3 rings (SSSR count). The number of para-hydroxylation sites is 1. The molecule has 20 heavy (non-hydrogen) atoms. The number of hydrogen-bond acceptors (Lipinski definition) is 4. The van der Waals surface area contributed by atoms with Crippen LogP contribution in [0.15, 0.2) is 30.6 Å². The van der Waals surface area contributed by atoms with Gasteiger partial charge >= 0.3 is 5.97 Å². The van der Waals surface area contributed by atoms with Gasteiger partial charge in [-0.3, -0.25) is 0 Å². The summed E-state index contributed by atoms with van der Waals surface area (Å²) < 4.78 is 1.56. The predicted molar refractivity (Wildman–Crippen MR) is 73.1 cm³/mol. The number of hydrogen-bond donors (Lipinski definition) is 1. The maximum atomic E-state index is 11.3. The van der Waals surface area contributed by atoms with Crippen molar-refractivity contribution in [2.75, 3.05) is 0 Å². The van der Waals surface area contributed by atoms with Crippen LogP contribution in [0.5, 0.6) is 0 Å². The second kappa shape index (κ2) is 4.41. The Hall–Kier alpha value is -2.76. The number of fused-ring (bicyclic) bond motifs is 1. The Kier molecular flexibility index (Phi) is 2.71. The van der Waals surface area contributed by atoms with E-state index in [2.05, 4.69) is 15.1 Å². The molecule has 2 heterocycles. The molecule has 6 heteroatoms. The normalized spacial score (nSPS) is 10.9. The van der Waals surface area contributed by atoms with Crippen molar-refractivity contribution in [1.82, 2.24) is 19.7 Å². The number of carboxylic acids is 1. The van der Waals surface area contributed by atoms with Crippen LogP contribution in [-0.2, 0) is 0 Å². The van der Waals surface area contributed by atoms with Crippen molar-refractivity contribution < 1.29 is 9.90 Å². The molecule has 0 unspecified atom stereocenters. The lowest BCUT2D eigenvalue weighted by Crippen LogP contribution is -2.05. The molecular weight excluding hydrogens is 256 g/mol. The van der Waals surface area contributed by atoms with Gasteiger partial charge in [0.2, 0.25) is 0 Å². The Labute approximate surface area is 114 Å². The Balaban J connectivity index is 2.32. The van der Waals surface area contributed by atoms with E-state index in [4.69, 9.17) is 0 Å². The van der Waals surface area contributed by atoms with Gasteiger partial charge in [-0.1, -0.05) is 12.1 Å². The largest absolute Gasteiger partial charge is 0.478 e. The van der Waals surface area contributed by atoms with Crippen LogP contribution in [0.2, 0.25) is 0 Å². The Morgan fingerprint density at radius 1 is 1.20 bits per heavy atom. The van der Waals surface area contributed by atoms with Gasteiger partial charge in [0.25, 0.3) is 0 Å². The van der Waals surface area contributed by atoms with Crippen LogP contribution < -0.4 is 0 Å². The third-order valence-corrected chi connectivity index (χ3v) is 3.23. The van der Waals surface area contributed by atoms with Gasteiger partial charge in [0, 0.05) is 5.39 Å². The van der Waals surface area contributed by atoms with Gasteiger partial charge in [-0.2, -0.15) is 5.10 Å². The van der Waals surface area contributed by atoms with Crippen LogP contribution in [0.4, 0.5) is 0 Å². The summed E-state index contributed by atoms with van der Waals surface area (Å²) in [5.74, 6) is -0.395. The monoisotopic (exact) mass is 268 g/mol. The standard InChI is InChI=1S/C14H12N4O2/c1-8-12(14(19)20)9(2)18(17-8)13-10-5-3-4-6-11(10)15-7-16-13/h3-7H,1-2H3,(H,19,20). The SMILES string of the molecule is Cc1nn(-c2ncnc3ccccc23)c(C)c1C(=O)O. The maximum Gasteiger partial charge on any atom is 0.339 e. The fraction of sp³-hybridized carbons (Fsp3) is 0.143. The molecule has 0 radical (unpaired) electrons. The number of benzene rings is 1. The highest BCUT2D eigenvalue weighted by Crippen LogP contribution is 2.22. The van der Waals surface area contributed by atoms with E-state index >= 15 is 0 Å². The molecule has 6 nitrogen and oxygen atoms in total. The number of carboxylic acid groups (broad SMARTS) is 1. The number of carbonyl (C=O) groups is 1. The zero-order valence-corrected chi connectivity index (χ0v) is 11.0. The summed E-state index contributed by atoms with van der Waals surface area (Å²) in [4.78, 5) is 19.7. The van der Waals surface area contributed by atoms with Gasteiger partial charge in [-0.15, -0.1) is 0 Å². The van der Waals surface area contributed by atoms with Gasteiger partial charge in [-0.05, 0) is 26.0 Å². The zero-order valence-electron chi connectivity index (χ0n) is 11.0. The Bertz CT molecular complexity index is 818. The number of rotatable bonds is 2. The number of aromatic carboxylic acids is 1. The summed E-state index contributed by atoms with van der Waals surface area (Å²) in [7, 11) is 0. The van der Waals surface area contributed by atoms with Crippen molar-refractivity contribution >= 4 is 16.9 Å². The molecule has 3 aromatic rings. The molecule has 2 aromatic heterocycles. The second-order valence-corrected chi connectivity index (χ2v) is 4.48. The number of aromatic nitrogens is 4. The van der Waals surface area contributed by atoms with Gasteiger partial charge in [-0.25, -0.2) is 19.4 Å². The van der Waals surface area contributed by atoms with Crippen LogP contribution in [0.3, 0.4) is 0 Å². The Morgan fingerprint density at radius 2 is 1.95 bits per heavy atom. The molecule has 0 aliphatic heterocycles. The molecule has 0 saturated carbocycles. The lowest BCUT2D eigenvalue weighted by Gasteiger charge is -2.06. The third kappa shape index (κ3) is 1.73. The summed E-state index contributed by atoms with van der Waals surface area (Å²) >= 11 is 0. The zero-order chi connectivity index (χ0) is 14.3. The van der Waals surface area contributed by atoms with Crippen molar-refractivity contribution in [3.8, 4) is 5.82 Å². The summed E-state index contributed by atoms with van der Waals surface area (Å²) in [6.45, 7) is 3.40. The minimum Gasteiger partial charge on any atom is -0.478 e. The highest BCUT2D eigenvalue weighted by Gasteiger charge is 2.20. The average Bonchev–Trinajstić information content (AvgIpc) is 2.73. The third-order valence-electron chi connectivity index (χ3n) is 3.23. The first-order valence-electron chi connectivity index (χ1n) is 6.09. The first-order valence-corrected chi connectivity index (χ1v) is 6.09. The highest BCUT2D eigenvalue weighted by molar-refractivity contribution is 5.91. The minimum absolute atomic E-state index is 0.215. The summed E-state index contributed by atoms with van der Waals surface area (Å²) in [5, 5.41) is 14.4. The number of nitrogens with zero attached hydrogens (tertiary/aromatic N) is 4. The van der Waals surface area contributed by atoms with E-state index in [1.54, 1.807) is 18.5 Å². The van der Waals surface area contributed by atoms with E-state index in [-0.39, 0.29) is 5.56 Å². The smallest absolute Gasteiger partial charge is 0.339 e. The van der Waals surface area contributed by atoms with Crippen molar-refractivity contribution in [2.24, 2.45) is 0 Å². The molecule has 0 aliphatic carbocycles. The molecule has 0 saturated heterocycles. The van der Waals surface area contributed by atoms with E-state index in [1.807, 2.05) is 24.3 Å². The summed E-state index contributed by atoms with van der Waals surface area (Å²) in [6.07, 6.45) is 1.45. The molecule has 0 bridgehead atoms. The van der Waals surface area contributed by atoms with E-state index in [0.717, 1.165) is 10.9 Å². The van der Waals surface area contributed by atoms with E-state index < -0.39 is 5.97 Å². The summed E-state index contributed by atoms with van der Waals surface area (Å²) in [5.41, 5.74) is 2.03. The molecule has 0 aliphatic rings. The molecule has 100 valence electrons. The van der Waals surface area contributed by atoms with E-state index in [1.165, 1.54) is 6.33 Å². The van der Waals surface area contributed by atoms with E-state index in [0.29, 0.717) is 17.2 Å². The minimum atomic E-state index is -0.982. The molecule has 1 aromatic carbocycles. The fourth-order valence-electron chi connectivity index (χ4n) is 2.32. The van der Waals surface area contributed by atoms with Crippen molar-refractivity contribution in [2.45, 2.75) is 13.8 Å². The maximum absolute atomic E-state index is 11.3. The van der Waals surface area contributed by atoms with E-state index in [9.17, 15) is 9.90 Å². The first-order chi connectivity index (χ1) is 9.59. The molecule has 0 atom stereocenters. The molecule has 0 fully saturated rings. The lowest BCUT2D eigenvalue weighted by atomic mass is 10.2. The predicted octanol–water partition coefficient (Wildman–Crippen LogP) is 2.13. The number of aryl methyl sites for hydroxylation is 1. The van der Waals surface area contributed by atoms with Gasteiger partial charge in [0.1, 0.15) is 11.9 Å². The van der Waals surface area contributed by atoms with Crippen LogP contribution in [0, 0.1) is 13.8 Å².